The van der Waals surface area contributed by atoms with Crippen LogP contribution in [0.3, 0.4) is 0 Å². The summed E-state index contributed by atoms with van der Waals surface area (Å²) in [4.78, 5) is 47.5. The van der Waals surface area contributed by atoms with Gasteiger partial charge in [0.15, 0.2) is 6.10 Å². The molecule has 0 radical (unpaired) electrons. The SMILES string of the molecule is CN(C)C1CCN(C(=O)C(Cc2cc(C(F)(F)F)c3[nH]ncc3c2)OC(=O)N2CCC(N3CCc4ccccc4NC3=O)CC2)CC1. The monoisotopic (exact) mass is 655 g/mol. The van der Waals surface area contributed by atoms with Crippen LogP contribution in [-0.2, 0) is 28.5 Å². The van der Waals surface area contributed by atoms with E-state index in [2.05, 4.69) is 20.4 Å². The molecule has 0 aliphatic carbocycles. The number of halogens is 3. The van der Waals surface area contributed by atoms with E-state index >= 15 is 0 Å². The van der Waals surface area contributed by atoms with E-state index in [1.165, 1.54) is 17.2 Å². The molecule has 4 heterocycles. The number of amides is 4. The molecule has 14 heteroatoms. The lowest BCUT2D eigenvalue weighted by atomic mass is 9.99. The Morgan fingerprint density at radius 1 is 1.02 bits per heavy atom. The van der Waals surface area contributed by atoms with Gasteiger partial charge in [-0.3, -0.25) is 9.89 Å². The maximum atomic E-state index is 14.0. The molecule has 0 bridgehead atoms. The van der Waals surface area contributed by atoms with Gasteiger partial charge in [-0.2, -0.15) is 18.3 Å². The van der Waals surface area contributed by atoms with Crippen LogP contribution in [0.15, 0.2) is 42.6 Å². The largest absolute Gasteiger partial charge is 0.436 e. The zero-order valence-corrected chi connectivity index (χ0v) is 26.6. The average molecular weight is 656 g/mol. The molecule has 1 aromatic heterocycles. The van der Waals surface area contributed by atoms with Crippen molar-refractivity contribution in [3.63, 3.8) is 0 Å². The second-order valence-corrected chi connectivity index (χ2v) is 12.8. The molecule has 3 aliphatic rings. The molecule has 3 aromatic rings. The average Bonchev–Trinajstić information content (AvgIpc) is 3.46. The fraction of sp³-hybridized carbons (Fsp3) is 0.515. The number of piperidine rings is 2. The van der Waals surface area contributed by atoms with Gasteiger partial charge in [-0.1, -0.05) is 18.2 Å². The quantitative estimate of drug-likeness (QED) is 0.397. The van der Waals surface area contributed by atoms with E-state index in [0.29, 0.717) is 58.0 Å². The summed E-state index contributed by atoms with van der Waals surface area (Å²) in [5.74, 6) is -0.424. The molecule has 3 aliphatic heterocycles. The molecule has 47 heavy (non-hydrogen) atoms. The van der Waals surface area contributed by atoms with Crippen molar-refractivity contribution in [1.82, 2.24) is 29.8 Å². The molecule has 1 atom stereocenters. The fourth-order valence-electron chi connectivity index (χ4n) is 6.96. The van der Waals surface area contributed by atoms with E-state index in [0.717, 1.165) is 30.2 Å². The summed E-state index contributed by atoms with van der Waals surface area (Å²) in [6.07, 6.45) is -2.32. The second kappa shape index (κ2) is 13.4. The van der Waals surface area contributed by atoms with Gasteiger partial charge >= 0.3 is 18.3 Å². The first-order valence-corrected chi connectivity index (χ1v) is 16.1. The minimum absolute atomic E-state index is 0.0775. The van der Waals surface area contributed by atoms with Gasteiger partial charge in [0.05, 0.1) is 17.3 Å². The molecule has 4 amide bonds. The van der Waals surface area contributed by atoms with Crippen molar-refractivity contribution in [2.45, 2.75) is 62.9 Å². The Kier molecular flexibility index (Phi) is 9.31. The maximum Gasteiger partial charge on any atom is 0.418 e. The molecular weight excluding hydrogens is 615 g/mol. The van der Waals surface area contributed by atoms with Crippen molar-refractivity contribution < 1.29 is 32.3 Å². The van der Waals surface area contributed by atoms with Crippen LogP contribution in [-0.4, -0.2) is 113 Å². The number of rotatable bonds is 6. The number of carbonyl (C=O) groups is 3. The zero-order valence-electron chi connectivity index (χ0n) is 26.6. The van der Waals surface area contributed by atoms with Gasteiger partial charge in [-0.25, -0.2) is 9.59 Å². The van der Waals surface area contributed by atoms with Crippen LogP contribution in [0.4, 0.5) is 28.4 Å². The number of para-hydroxylation sites is 1. The van der Waals surface area contributed by atoms with Gasteiger partial charge in [-0.05, 0) is 75.5 Å². The van der Waals surface area contributed by atoms with Crippen LogP contribution in [0.2, 0.25) is 0 Å². The number of hydrogen-bond acceptors (Lipinski definition) is 6. The van der Waals surface area contributed by atoms with Crippen LogP contribution in [0.5, 0.6) is 0 Å². The third-order valence-corrected chi connectivity index (χ3v) is 9.67. The number of H-pyrrole nitrogens is 1. The first kappa shape index (κ1) is 32.6. The van der Waals surface area contributed by atoms with Gasteiger partial charge in [0.25, 0.3) is 5.91 Å². The summed E-state index contributed by atoms with van der Waals surface area (Å²) < 4.78 is 47.7. The van der Waals surface area contributed by atoms with Crippen molar-refractivity contribution >= 4 is 34.6 Å². The predicted octanol–water partition coefficient (Wildman–Crippen LogP) is 4.74. The van der Waals surface area contributed by atoms with E-state index in [1.54, 1.807) is 4.90 Å². The van der Waals surface area contributed by atoms with E-state index < -0.39 is 29.8 Å². The number of ether oxygens (including phenoxy) is 1. The van der Waals surface area contributed by atoms with Crippen LogP contribution >= 0.6 is 0 Å². The predicted molar refractivity (Wildman–Crippen MR) is 169 cm³/mol. The van der Waals surface area contributed by atoms with Crippen LogP contribution < -0.4 is 5.32 Å². The van der Waals surface area contributed by atoms with Gasteiger partial charge in [0.1, 0.15) is 0 Å². The molecular formula is C33H40F3N7O4. The highest BCUT2D eigenvalue weighted by Crippen LogP contribution is 2.35. The summed E-state index contributed by atoms with van der Waals surface area (Å²) >= 11 is 0. The number of aromatic amines is 1. The number of hydrogen-bond donors (Lipinski definition) is 2. The lowest BCUT2D eigenvalue weighted by Crippen LogP contribution is -2.52. The number of nitrogens with zero attached hydrogens (tertiary/aromatic N) is 5. The third kappa shape index (κ3) is 7.16. The first-order valence-electron chi connectivity index (χ1n) is 16.1. The smallest absolute Gasteiger partial charge is 0.418 e. The van der Waals surface area contributed by atoms with Crippen molar-refractivity contribution in [1.29, 1.82) is 0 Å². The Morgan fingerprint density at radius 2 is 1.72 bits per heavy atom. The van der Waals surface area contributed by atoms with E-state index in [9.17, 15) is 27.6 Å². The first-order chi connectivity index (χ1) is 22.5. The summed E-state index contributed by atoms with van der Waals surface area (Å²) in [6, 6.07) is 10.3. The highest BCUT2D eigenvalue weighted by molar-refractivity contribution is 5.91. The molecule has 2 aromatic carbocycles. The van der Waals surface area contributed by atoms with Crippen LogP contribution in [0.1, 0.15) is 42.4 Å². The summed E-state index contributed by atoms with van der Waals surface area (Å²) in [5, 5.41) is 9.42. The van der Waals surface area contributed by atoms with Crippen molar-refractivity contribution in [2.24, 2.45) is 0 Å². The lowest BCUT2D eigenvalue weighted by molar-refractivity contribution is -0.142. The molecule has 0 spiro atoms. The molecule has 2 fully saturated rings. The minimum atomic E-state index is -4.65. The second-order valence-electron chi connectivity index (χ2n) is 12.8. The number of carbonyl (C=O) groups excluding carboxylic acids is 3. The minimum Gasteiger partial charge on any atom is -0.436 e. The highest BCUT2D eigenvalue weighted by Gasteiger charge is 2.37. The van der Waals surface area contributed by atoms with Gasteiger partial charge < -0.3 is 29.7 Å². The van der Waals surface area contributed by atoms with E-state index in [4.69, 9.17) is 4.74 Å². The molecule has 2 N–H and O–H groups in total. The number of aromatic nitrogens is 2. The Balaban J connectivity index is 1.15. The Labute approximate surface area is 271 Å². The number of anilines is 1. The van der Waals surface area contributed by atoms with Crippen LogP contribution in [0, 0.1) is 0 Å². The number of urea groups is 1. The van der Waals surface area contributed by atoms with Crippen LogP contribution in [0.25, 0.3) is 10.9 Å². The fourth-order valence-corrected chi connectivity index (χ4v) is 6.96. The highest BCUT2D eigenvalue weighted by atomic mass is 19.4. The lowest BCUT2D eigenvalue weighted by Gasteiger charge is -2.39. The number of benzene rings is 2. The number of alkyl halides is 3. The number of likely N-dealkylation sites (tertiary alicyclic amines) is 2. The van der Waals surface area contributed by atoms with Crippen molar-refractivity contribution in [2.75, 3.05) is 52.1 Å². The normalized spacial score (nSPS) is 19.0. The summed E-state index contributed by atoms with van der Waals surface area (Å²) in [6.45, 7) is 2.10. The molecule has 11 nitrogen and oxygen atoms in total. The zero-order chi connectivity index (χ0) is 33.3. The third-order valence-electron chi connectivity index (χ3n) is 9.67. The van der Waals surface area contributed by atoms with E-state index in [1.807, 2.05) is 43.3 Å². The number of nitrogens with one attached hydrogen (secondary N) is 2. The number of fused-ring (bicyclic) bond motifs is 2. The molecule has 6 rings (SSSR count). The Morgan fingerprint density at radius 3 is 2.43 bits per heavy atom. The van der Waals surface area contributed by atoms with Crippen molar-refractivity contribution in [3.8, 4) is 0 Å². The van der Waals surface area contributed by atoms with Gasteiger partial charge in [0.2, 0.25) is 0 Å². The molecule has 252 valence electrons. The molecule has 1 unspecified atom stereocenters. The summed E-state index contributed by atoms with van der Waals surface area (Å²) in [5.41, 5.74) is 1.05. The van der Waals surface area contributed by atoms with E-state index in [-0.39, 0.29) is 35.0 Å². The van der Waals surface area contributed by atoms with Gasteiger partial charge in [0, 0.05) is 62.3 Å². The Bertz CT molecular complexity index is 1610. The molecule has 0 saturated carbocycles. The van der Waals surface area contributed by atoms with Gasteiger partial charge in [-0.15, -0.1) is 0 Å². The topological polar surface area (TPSA) is 114 Å². The maximum absolute atomic E-state index is 14.0. The standard InChI is InChI=1S/C33H40F3N7O4/c1-40(2)24-8-12-41(13-9-24)30(44)28(19-21-17-23-20-37-39-29(23)26(18-21)33(34,35)36)47-32(46)42-14-10-25(11-15-42)43-16-7-22-5-3-4-6-27(22)38-31(43)45/h3-6,17-18,20,24-25,28H,7-16,19H2,1-2H3,(H,37,39)(H,38,45). The Hall–Kier alpha value is -4.33. The molecule has 2 saturated heterocycles. The summed E-state index contributed by atoms with van der Waals surface area (Å²) in [7, 11) is 3.97. The van der Waals surface area contributed by atoms with Crippen molar-refractivity contribution in [3.05, 3.63) is 59.3 Å².